The number of aliphatic hydroxyl groups is 1. The quantitative estimate of drug-likeness (QED) is 0.732. The SMILES string of the molecule is COc1ccc([C@H]2CC3(C)C(CC[C@@H]3O)C3CCC4CC(=O)CCC4(C)C32)cc1. The minimum absolute atomic E-state index is 0.0272. The molecule has 5 rings (SSSR count). The fourth-order valence-electron chi connectivity index (χ4n) is 8.38. The molecule has 4 aliphatic rings. The van der Waals surface area contributed by atoms with Gasteiger partial charge < -0.3 is 9.84 Å². The average Bonchev–Trinajstić information content (AvgIpc) is 3.02. The van der Waals surface area contributed by atoms with E-state index in [1.165, 1.54) is 24.8 Å². The number of fused-ring (bicyclic) bond motifs is 5. The van der Waals surface area contributed by atoms with Crippen LogP contribution in [0.25, 0.3) is 0 Å². The summed E-state index contributed by atoms with van der Waals surface area (Å²) in [6.45, 7) is 4.87. The zero-order chi connectivity index (χ0) is 20.4. The van der Waals surface area contributed by atoms with Crippen LogP contribution in [0.5, 0.6) is 5.75 Å². The van der Waals surface area contributed by atoms with Gasteiger partial charge in [0.1, 0.15) is 11.5 Å². The number of hydrogen-bond acceptors (Lipinski definition) is 3. The molecule has 4 fully saturated rings. The summed E-state index contributed by atoms with van der Waals surface area (Å²) in [5, 5.41) is 11.0. The van der Waals surface area contributed by atoms with Gasteiger partial charge in [-0.25, -0.2) is 0 Å². The molecule has 0 amide bonds. The van der Waals surface area contributed by atoms with Crippen molar-refractivity contribution in [1.29, 1.82) is 0 Å². The third kappa shape index (κ3) is 2.83. The molecule has 0 spiro atoms. The number of methoxy groups -OCH3 is 1. The maximum atomic E-state index is 12.3. The topological polar surface area (TPSA) is 46.5 Å². The molecule has 0 aromatic heterocycles. The number of ketones is 1. The Labute approximate surface area is 175 Å². The summed E-state index contributed by atoms with van der Waals surface area (Å²) in [6, 6.07) is 8.70. The number of benzene rings is 1. The maximum absolute atomic E-state index is 12.3. The number of aliphatic hydroxyl groups excluding tert-OH is 1. The Morgan fingerprint density at radius 2 is 1.79 bits per heavy atom. The Morgan fingerprint density at radius 3 is 2.52 bits per heavy atom. The van der Waals surface area contributed by atoms with Crippen molar-refractivity contribution in [2.24, 2.45) is 34.5 Å². The Morgan fingerprint density at radius 1 is 1.03 bits per heavy atom. The van der Waals surface area contributed by atoms with Crippen LogP contribution in [0.4, 0.5) is 0 Å². The Kier molecular flexibility index (Phi) is 4.62. The Hall–Kier alpha value is -1.35. The average molecular weight is 397 g/mol. The van der Waals surface area contributed by atoms with E-state index in [0.29, 0.717) is 35.4 Å². The molecule has 1 aromatic carbocycles. The molecule has 0 saturated heterocycles. The normalized spacial score (nSPS) is 46.6. The van der Waals surface area contributed by atoms with Crippen molar-refractivity contribution in [2.75, 3.05) is 7.11 Å². The molecular weight excluding hydrogens is 360 g/mol. The zero-order valence-electron chi connectivity index (χ0n) is 18.2. The number of hydrogen-bond donors (Lipinski definition) is 1. The van der Waals surface area contributed by atoms with Gasteiger partial charge in [0.05, 0.1) is 13.2 Å². The van der Waals surface area contributed by atoms with E-state index in [-0.39, 0.29) is 16.9 Å². The number of Topliss-reactive ketones (excluding diaryl/α,β-unsaturated/α-hetero) is 1. The van der Waals surface area contributed by atoms with Gasteiger partial charge in [0.25, 0.3) is 0 Å². The van der Waals surface area contributed by atoms with Crippen LogP contribution in [0.2, 0.25) is 0 Å². The van der Waals surface area contributed by atoms with E-state index < -0.39 is 0 Å². The van der Waals surface area contributed by atoms with E-state index >= 15 is 0 Å². The molecule has 3 nitrogen and oxygen atoms in total. The lowest BCUT2D eigenvalue weighted by atomic mass is 9.42. The molecule has 0 radical (unpaired) electrons. The molecule has 6 unspecified atom stereocenters. The number of rotatable bonds is 2. The molecule has 4 saturated carbocycles. The molecular formula is C26H36O3. The minimum atomic E-state index is -0.173. The van der Waals surface area contributed by atoms with Crippen LogP contribution in [0.3, 0.4) is 0 Å². The van der Waals surface area contributed by atoms with Gasteiger partial charge in [0.2, 0.25) is 0 Å². The van der Waals surface area contributed by atoms with Gasteiger partial charge >= 0.3 is 0 Å². The highest BCUT2D eigenvalue weighted by Crippen LogP contribution is 2.69. The summed E-state index contributed by atoms with van der Waals surface area (Å²) in [5.74, 6) is 4.30. The van der Waals surface area contributed by atoms with E-state index in [1.807, 2.05) is 0 Å². The molecule has 0 aliphatic heterocycles. The molecule has 158 valence electrons. The first-order chi connectivity index (χ1) is 13.9. The van der Waals surface area contributed by atoms with Crippen LogP contribution >= 0.6 is 0 Å². The van der Waals surface area contributed by atoms with E-state index in [0.717, 1.165) is 37.9 Å². The molecule has 1 aromatic rings. The van der Waals surface area contributed by atoms with E-state index in [9.17, 15) is 9.90 Å². The second kappa shape index (κ2) is 6.83. The van der Waals surface area contributed by atoms with Gasteiger partial charge in [0.15, 0.2) is 0 Å². The summed E-state index contributed by atoms with van der Waals surface area (Å²) >= 11 is 0. The van der Waals surface area contributed by atoms with Crippen molar-refractivity contribution in [3.63, 3.8) is 0 Å². The highest BCUT2D eigenvalue weighted by Gasteiger charge is 2.63. The molecule has 29 heavy (non-hydrogen) atoms. The lowest BCUT2D eigenvalue weighted by Gasteiger charge is -2.62. The molecule has 8 atom stereocenters. The summed E-state index contributed by atoms with van der Waals surface area (Å²) in [5.41, 5.74) is 1.67. The summed E-state index contributed by atoms with van der Waals surface area (Å²) in [7, 11) is 1.72. The van der Waals surface area contributed by atoms with Gasteiger partial charge in [-0.15, -0.1) is 0 Å². The Balaban J connectivity index is 1.59. The van der Waals surface area contributed by atoms with Crippen molar-refractivity contribution in [3.05, 3.63) is 29.8 Å². The largest absolute Gasteiger partial charge is 0.497 e. The Bertz CT molecular complexity index is 786. The van der Waals surface area contributed by atoms with Crippen LogP contribution < -0.4 is 4.74 Å². The van der Waals surface area contributed by atoms with Gasteiger partial charge in [-0.1, -0.05) is 26.0 Å². The first kappa shape index (κ1) is 19.6. The van der Waals surface area contributed by atoms with E-state index in [2.05, 4.69) is 38.1 Å². The van der Waals surface area contributed by atoms with Gasteiger partial charge in [-0.3, -0.25) is 4.79 Å². The molecule has 1 N–H and O–H groups in total. The first-order valence-corrected chi connectivity index (χ1v) is 11.7. The fraction of sp³-hybridized carbons (Fsp3) is 0.731. The van der Waals surface area contributed by atoms with Crippen molar-refractivity contribution in [2.45, 2.75) is 77.2 Å². The second-order valence-corrected chi connectivity index (χ2v) is 11.0. The van der Waals surface area contributed by atoms with Crippen molar-refractivity contribution in [3.8, 4) is 5.75 Å². The molecule has 4 aliphatic carbocycles. The molecule has 3 heteroatoms. The van der Waals surface area contributed by atoms with Gasteiger partial charge in [-0.05, 0) is 96.6 Å². The van der Waals surface area contributed by atoms with Crippen LogP contribution in [-0.2, 0) is 4.79 Å². The minimum Gasteiger partial charge on any atom is -0.497 e. The lowest BCUT2D eigenvalue weighted by Crippen LogP contribution is -2.56. The van der Waals surface area contributed by atoms with Crippen molar-refractivity contribution < 1.29 is 14.6 Å². The lowest BCUT2D eigenvalue weighted by molar-refractivity contribution is -0.147. The highest BCUT2D eigenvalue weighted by atomic mass is 16.5. The van der Waals surface area contributed by atoms with Crippen LogP contribution in [-0.4, -0.2) is 24.1 Å². The van der Waals surface area contributed by atoms with Crippen molar-refractivity contribution >= 4 is 5.78 Å². The van der Waals surface area contributed by atoms with Gasteiger partial charge in [-0.2, -0.15) is 0 Å². The van der Waals surface area contributed by atoms with E-state index in [4.69, 9.17) is 4.74 Å². The third-order valence-corrected chi connectivity index (χ3v) is 9.93. The number of carbonyl (C=O) groups excluding carboxylic acids is 1. The molecule has 0 heterocycles. The van der Waals surface area contributed by atoms with Crippen LogP contribution in [0, 0.1) is 34.5 Å². The monoisotopic (exact) mass is 396 g/mol. The maximum Gasteiger partial charge on any atom is 0.133 e. The molecule has 0 bridgehead atoms. The van der Waals surface area contributed by atoms with Crippen LogP contribution in [0.15, 0.2) is 24.3 Å². The van der Waals surface area contributed by atoms with Crippen molar-refractivity contribution in [1.82, 2.24) is 0 Å². The van der Waals surface area contributed by atoms with E-state index in [1.54, 1.807) is 7.11 Å². The predicted molar refractivity (Wildman–Crippen MR) is 114 cm³/mol. The summed E-state index contributed by atoms with van der Waals surface area (Å²) < 4.78 is 5.41. The first-order valence-electron chi connectivity index (χ1n) is 11.7. The number of ether oxygens (including phenoxy) is 1. The summed E-state index contributed by atoms with van der Waals surface area (Å²) in [4.78, 5) is 12.3. The highest BCUT2D eigenvalue weighted by molar-refractivity contribution is 5.79. The zero-order valence-corrected chi connectivity index (χ0v) is 18.2. The van der Waals surface area contributed by atoms with Crippen LogP contribution in [0.1, 0.15) is 76.7 Å². The fourth-order valence-corrected chi connectivity index (χ4v) is 8.38. The standard InChI is InChI=1S/C26H36O3/c1-25-13-12-18(27)14-17(25)6-9-20-22-10-11-23(28)26(22,2)15-21(24(20)25)16-4-7-19(29-3)8-5-16/h4-5,7-8,17,20-24,28H,6,9-15H2,1-3H3/t17?,20?,21-,22?,23+,24?,25?,26?/m1/s1. The number of carbonyl (C=O) groups is 1. The van der Waals surface area contributed by atoms with Gasteiger partial charge in [0, 0.05) is 12.8 Å². The third-order valence-electron chi connectivity index (χ3n) is 9.93. The predicted octanol–water partition coefficient (Wildman–Crippen LogP) is 5.36. The smallest absolute Gasteiger partial charge is 0.133 e. The second-order valence-electron chi connectivity index (χ2n) is 11.0. The summed E-state index contributed by atoms with van der Waals surface area (Å²) in [6.07, 6.45) is 8.06.